The number of ether oxygens (including phenoxy) is 2. The number of Topliss-reactive ketones (excluding diaryl/α,β-unsaturated/α-hetero) is 1. The number of hydrogen-bond acceptors (Lipinski definition) is 6. The first-order valence-electron chi connectivity index (χ1n) is 8.14. The Labute approximate surface area is 158 Å². The van der Waals surface area contributed by atoms with Gasteiger partial charge >= 0.3 is 0 Å². The monoisotopic (exact) mass is 391 g/mol. The van der Waals surface area contributed by atoms with Crippen LogP contribution in [0.4, 0.5) is 0 Å². The lowest BCUT2D eigenvalue weighted by Gasteiger charge is -2.10. The molecule has 0 unspecified atom stereocenters. The fourth-order valence-corrected chi connectivity index (χ4v) is 3.50. The number of nitrogens with one attached hydrogen (secondary N) is 1. The normalized spacial score (nSPS) is 10.9. The fraction of sp³-hybridized carbons (Fsp3) is 0.263. The molecule has 0 aliphatic carbocycles. The summed E-state index contributed by atoms with van der Waals surface area (Å²) in [6.07, 6.45) is 0.302. The molecule has 0 spiro atoms. The van der Waals surface area contributed by atoms with E-state index in [0.717, 1.165) is 5.56 Å². The van der Waals surface area contributed by atoms with Gasteiger partial charge in [-0.05, 0) is 43.2 Å². The average molecular weight is 391 g/mol. The van der Waals surface area contributed by atoms with Crippen LogP contribution >= 0.6 is 0 Å². The number of carbonyl (C=O) groups is 2. The van der Waals surface area contributed by atoms with E-state index >= 15 is 0 Å². The highest BCUT2D eigenvalue weighted by Gasteiger charge is 2.18. The molecule has 0 saturated heterocycles. The molecule has 2 rings (SSSR count). The Morgan fingerprint density at radius 2 is 1.70 bits per heavy atom. The number of benzene rings is 2. The van der Waals surface area contributed by atoms with Gasteiger partial charge in [-0.2, -0.15) is 0 Å². The number of amides is 1. The molecular weight excluding hydrogens is 370 g/mol. The molecule has 0 aliphatic heterocycles. The van der Waals surface area contributed by atoms with Crippen LogP contribution in [0.25, 0.3) is 0 Å². The third-order valence-electron chi connectivity index (χ3n) is 3.89. The molecule has 2 aromatic rings. The van der Waals surface area contributed by atoms with E-state index in [-0.39, 0.29) is 22.7 Å². The Morgan fingerprint density at radius 1 is 1.00 bits per heavy atom. The first kappa shape index (κ1) is 20.4. The quantitative estimate of drug-likeness (QED) is 0.694. The molecule has 1 amide bonds. The van der Waals surface area contributed by atoms with Crippen molar-refractivity contribution in [2.24, 2.45) is 0 Å². The maximum Gasteiger partial charge on any atom is 0.264 e. The lowest BCUT2D eigenvalue weighted by Crippen LogP contribution is -2.30. The van der Waals surface area contributed by atoms with Gasteiger partial charge in [-0.25, -0.2) is 13.1 Å². The van der Waals surface area contributed by atoms with Crippen LogP contribution in [-0.2, 0) is 21.2 Å². The number of hydrogen-bond donors (Lipinski definition) is 1. The van der Waals surface area contributed by atoms with Crippen LogP contribution < -0.4 is 14.2 Å². The van der Waals surface area contributed by atoms with E-state index in [1.165, 1.54) is 45.4 Å². The minimum Gasteiger partial charge on any atom is -0.493 e. The predicted octanol–water partition coefficient (Wildman–Crippen LogP) is 2.34. The van der Waals surface area contributed by atoms with Gasteiger partial charge in [-0.1, -0.05) is 18.2 Å². The summed E-state index contributed by atoms with van der Waals surface area (Å²) in [7, 11) is -1.01. The van der Waals surface area contributed by atoms with E-state index in [1.807, 2.05) is 4.72 Å². The van der Waals surface area contributed by atoms with Crippen LogP contribution in [0.5, 0.6) is 11.5 Å². The number of carbonyl (C=O) groups excluding carboxylic acids is 2. The largest absolute Gasteiger partial charge is 0.493 e. The van der Waals surface area contributed by atoms with Gasteiger partial charge in [0.1, 0.15) is 0 Å². The molecule has 1 N–H and O–H groups in total. The van der Waals surface area contributed by atoms with Gasteiger partial charge < -0.3 is 9.47 Å². The summed E-state index contributed by atoms with van der Waals surface area (Å²) in [6, 6.07) is 10.8. The Morgan fingerprint density at radius 3 is 2.33 bits per heavy atom. The standard InChI is InChI=1S/C19H21NO6S/c1-13(21)15-5-4-6-16(12-15)27(23,24)20-19(22)10-8-14-7-9-17(25-2)18(11-14)26-3/h4-7,9,11-12H,8,10H2,1-3H3,(H,20,22). The molecule has 0 radical (unpaired) electrons. The molecule has 8 heteroatoms. The van der Waals surface area contributed by atoms with Crippen LogP contribution in [0.15, 0.2) is 47.4 Å². The van der Waals surface area contributed by atoms with E-state index in [0.29, 0.717) is 17.9 Å². The fourth-order valence-electron chi connectivity index (χ4n) is 2.44. The summed E-state index contributed by atoms with van der Waals surface area (Å²) in [6.45, 7) is 1.34. The van der Waals surface area contributed by atoms with Crippen molar-refractivity contribution in [3.63, 3.8) is 0 Å². The van der Waals surface area contributed by atoms with E-state index in [1.54, 1.807) is 18.2 Å². The minimum absolute atomic E-state index is 0.0267. The summed E-state index contributed by atoms with van der Waals surface area (Å²) in [5.74, 6) is 0.201. The Bertz CT molecular complexity index is 952. The van der Waals surface area contributed by atoms with Gasteiger partial charge in [0, 0.05) is 12.0 Å². The first-order valence-corrected chi connectivity index (χ1v) is 9.62. The summed E-state index contributed by atoms with van der Waals surface area (Å²) in [4.78, 5) is 23.4. The predicted molar refractivity (Wildman–Crippen MR) is 99.6 cm³/mol. The molecule has 0 fully saturated rings. The molecule has 7 nitrogen and oxygen atoms in total. The van der Waals surface area contributed by atoms with Crippen molar-refractivity contribution in [2.45, 2.75) is 24.7 Å². The molecule has 0 heterocycles. The zero-order chi connectivity index (χ0) is 20.0. The number of aryl methyl sites for hydroxylation is 1. The maximum atomic E-state index is 12.3. The Hall–Kier alpha value is -2.87. The van der Waals surface area contributed by atoms with Gasteiger partial charge in [0.25, 0.3) is 10.0 Å². The molecule has 0 bridgehead atoms. The van der Waals surface area contributed by atoms with Gasteiger partial charge in [-0.3, -0.25) is 9.59 Å². The third kappa shape index (κ3) is 5.30. The van der Waals surface area contributed by atoms with Crippen molar-refractivity contribution < 1.29 is 27.5 Å². The van der Waals surface area contributed by atoms with Crippen LogP contribution in [-0.4, -0.2) is 34.3 Å². The van der Waals surface area contributed by atoms with Gasteiger partial charge in [-0.15, -0.1) is 0 Å². The molecule has 27 heavy (non-hydrogen) atoms. The van der Waals surface area contributed by atoms with Crippen LogP contribution in [0, 0.1) is 0 Å². The third-order valence-corrected chi connectivity index (χ3v) is 5.26. The lowest BCUT2D eigenvalue weighted by atomic mass is 10.1. The molecule has 0 atom stereocenters. The zero-order valence-electron chi connectivity index (χ0n) is 15.3. The van der Waals surface area contributed by atoms with Crippen LogP contribution in [0.1, 0.15) is 29.3 Å². The Balaban J connectivity index is 2.05. The van der Waals surface area contributed by atoms with Crippen molar-refractivity contribution in [1.82, 2.24) is 4.72 Å². The maximum absolute atomic E-state index is 12.3. The Kier molecular flexibility index (Phi) is 6.57. The highest BCUT2D eigenvalue weighted by molar-refractivity contribution is 7.90. The SMILES string of the molecule is COc1ccc(CCC(=O)NS(=O)(=O)c2cccc(C(C)=O)c2)cc1OC. The summed E-state index contributed by atoms with van der Waals surface area (Å²) >= 11 is 0. The first-order chi connectivity index (χ1) is 12.8. The topological polar surface area (TPSA) is 98.8 Å². The second-order valence-corrected chi connectivity index (χ2v) is 7.48. The van der Waals surface area contributed by atoms with Crippen LogP contribution in [0.2, 0.25) is 0 Å². The molecular formula is C19H21NO6S. The van der Waals surface area contributed by atoms with Gasteiger partial charge in [0.05, 0.1) is 19.1 Å². The molecule has 144 valence electrons. The molecule has 2 aromatic carbocycles. The van der Waals surface area contributed by atoms with Gasteiger partial charge in [0.15, 0.2) is 17.3 Å². The minimum atomic E-state index is -4.04. The second-order valence-electron chi connectivity index (χ2n) is 5.80. The van der Waals surface area contributed by atoms with Crippen molar-refractivity contribution in [3.05, 3.63) is 53.6 Å². The highest BCUT2D eigenvalue weighted by Crippen LogP contribution is 2.28. The van der Waals surface area contributed by atoms with Crippen molar-refractivity contribution in [1.29, 1.82) is 0 Å². The number of rotatable bonds is 8. The van der Waals surface area contributed by atoms with Crippen molar-refractivity contribution in [3.8, 4) is 11.5 Å². The zero-order valence-corrected chi connectivity index (χ0v) is 16.1. The summed E-state index contributed by atoms with van der Waals surface area (Å²) in [5, 5.41) is 0. The summed E-state index contributed by atoms with van der Waals surface area (Å²) in [5.41, 5.74) is 1.06. The molecule has 0 aromatic heterocycles. The van der Waals surface area contributed by atoms with Crippen LogP contribution in [0.3, 0.4) is 0 Å². The number of methoxy groups -OCH3 is 2. The highest BCUT2D eigenvalue weighted by atomic mass is 32.2. The summed E-state index contributed by atoms with van der Waals surface area (Å²) < 4.78 is 37.0. The van der Waals surface area contributed by atoms with E-state index in [4.69, 9.17) is 9.47 Å². The van der Waals surface area contributed by atoms with E-state index < -0.39 is 15.9 Å². The van der Waals surface area contributed by atoms with E-state index in [2.05, 4.69) is 0 Å². The number of ketones is 1. The molecule has 0 saturated carbocycles. The molecule has 0 aliphatic rings. The van der Waals surface area contributed by atoms with Crippen molar-refractivity contribution in [2.75, 3.05) is 14.2 Å². The van der Waals surface area contributed by atoms with Crippen molar-refractivity contribution >= 4 is 21.7 Å². The second kappa shape index (κ2) is 8.68. The average Bonchev–Trinajstić information content (AvgIpc) is 2.65. The number of sulfonamides is 1. The lowest BCUT2D eigenvalue weighted by molar-refractivity contribution is -0.119. The smallest absolute Gasteiger partial charge is 0.264 e. The van der Waals surface area contributed by atoms with E-state index in [9.17, 15) is 18.0 Å². The van der Waals surface area contributed by atoms with Gasteiger partial charge in [0.2, 0.25) is 5.91 Å².